The van der Waals surface area contributed by atoms with Gasteiger partial charge in [0.05, 0.1) is 20.8 Å². The van der Waals surface area contributed by atoms with Gasteiger partial charge in [0.1, 0.15) is 5.65 Å². The van der Waals surface area contributed by atoms with Crippen molar-refractivity contribution in [2.45, 2.75) is 6.54 Å². The molecule has 0 unspecified atom stereocenters. The molecule has 27 heavy (non-hydrogen) atoms. The minimum atomic E-state index is -0.0180. The van der Waals surface area contributed by atoms with Gasteiger partial charge in [0, 0.05) is 50.7 Å². The number of aromatic nitrogens is 2. The standard InChI is InChI=1S/C19H17Cl3N4O/c20-14-2-4-18-23-15(12-26(18)10-14)11-24-5-7-25(8-6-24)19(27)13-1-3-16(21)17(22)9-13/h1-4,9-10,12H,5-8,11H2. The van der Waals surface area contributed by atoms with Crippen LogP contribution in [0.5, 0.6) is 0 Å². The average molecular weight is 424 g/mol. The molecule has 0 aliphatic carbocycles. The molecule has 0 spiro atoms. The van der Waals surface area contributed by atoms with E-state index in [1.807, 2.05) is 33.8 Å². The van der Waals surface area contributed by atoms with Gasteiger partial charge in [0.25, 0.3) is 5.91 Å². The first-order chi connectivity index (χ1) is 13.0. The Hall–Kier alpha value is -1.79. The van der Waals surface area contributed by atoms with Crippen molar-refractivity contribution in [1.82, 2.24) is 19.2 Å². The summed E-state index contributed by atoms with van der Waals surface area (Å²) in [5.41, 5.74) is 2.43. The number of piperazine rings is 1. The van der Waals surface area contributed by atoms with E-state index in [2.05, 4.69) is 9.88 Å². The highest BCUT2D eigenvalue weighted by Crippen LogP contribution is 2.23. The maximum atomic E-state index is 12.7. The van der Waals surface area contributed by atoms with Crippen molar-refractivity contribution in [3.05, 3.63) is 69.1 Å². The van der Waals surface area contributed by atoms with E-state index in [1.165, 1.54) is 0 Å². The number of pyridine rings is 1. The lowest BCUT2D eigenvalue weighted by atomic mass is 10.2. The molecule has 3 heterocycles. The number of nitrogens with zero attached hydrogens (tertiary/aromatic N) is 4. The van der Waals surface area contributed by atoms with E-state index in [0.717, 1.165) is 31.0 Å². The molecule has 0 bridgehead atoms. The van der Waals surface area contributed by atoms with Crippen LogP contribution in [0.15, 0.2) is 42.7 Å². The lowest BCUT2D eigenvalue weighted by Crippen LogP contribution is -2.48. The van der Waals surface area contributed by atoms with Crippen molar-refractivity contribution in [1.29, 1.82) is 0 Å². The number of hydrogen-bond donors (Lipinski definition) is 0. The molecule has 0 N–H and O–H groups in total. The van der Waals surface area contributed by atoms with Crippen LogP contribution in [-0.4, -0.2) is 51.3 Å². The number of hydrogen-bond acceptors (Lipinski definition) is 3. The summed E-state index contributed by atoms with van der Waals surface area (Å²) in [6, 6.07) is 8.73. The van der Waals surface area contributed by atoms with Gasteiger partial charge in [-0.2, -0.15) is 0 Å². The summed E-state index contributed by atoms with van der Waals surface area (Å²) in [6.45, 7) is 3.66. The van der Waals surface area contributed by atoms with Crippen LogP contribution in [0, 0.1) is 0 Å². The third-order valence-corrected chi connectivity index (χ3v) is 5.64. The zero-order valence-corrected chi connectivity index (χ0v) is 16.7. The third kappa shape index (κ3) is 4.06. The number of halogens is 3. The van der Waals surface area contributed by atoms with Gasteiger partial charge in [0.15, 0.2) is 0 Å². The summed E-state index contributed by atoms with van der Waals surface area (Å²) in [5, 5.41) is 1.53. The molecule has 4 rings (SSSR count). The fraction of sp³-hybridized carbons (Fsp3) is 0.263. The van der Waals surface area contributed by atoms with E-state index in [9.17, 15) is 4.79 Å². The average Bonchev–Trinajstić information content (AvgIpc) is 3.05. The van der Waals surface area contributed by atoms with E-state index >= 15 is 0 Å². The molecule has 140 valence electrons. The summed E-state index contributed by atoms with van der Waals surface area (Å²) in [4.78, 5) is 21.4. The Morgan fingerprint density at radius 3 is 2.48 bits per heavy atom. The van der Waals surface area contributed by atoms with Crippen molar-refractivity contribution >= 4 is 46.4 Å². The Morgan fingerprint density at radius 1 is 0.963 bits per heavy atom. The van der Waals surface area contributed by atoms with Crippen molar-refractivity contribution in [2.75, 3.05) is 26.2 Å². The van der Waals surface area contributed by atoms with E-state index < -0.39 is 0 Å². The zero-order valence-electron chi connectivity index (χ0n) is 14.4. The van der Waals surface area contributed by atoms with Gasteiger partial charge >= 0.3 is 0 Å². The highest BCUT2D eigenvalue weighted by Gasteiger charge is 2.23. The first kappa shape index (κ1) is 18.6. The molecule has 2 aromatic heterocycles. The fourth-order valence-electron chi connectivity index (χ4n) is 3.24. The van der Waals surface area contributed by atoms with Gasteiger partial charge in [-0.05, 0) is 30.3 Å². The molecule has 3 aromatic rings. The van der Waals surface area contributed by atoms with Crippen molar-refractivity contribution in [3.8, 4) is 0 Å². The van der Waals surface area contributed by atoms with Crippen LogP contribution in [0.4, 0.5) is 0 Å². The maximum absolute atomic E-state index is 12.7. The molecular formula is C19H17Cl3N4O. The Bertz CT molecular complexity index is 996. The Morgan fingerprint density at radius 2 is 1.74 bits per heavy atom. The molecule has 1 aromatic carbocycles. The summed E-state index contributed by atoms with van der Waals surface area (Å²) in [5.74, 6) is -0.0180. The van der Waals surface area contributed by atoms with E-state index in [-0.39, 0.29) is 5.91 Å². The summed E-state index contributed by atoms with van der Waals surface area (Å²) < 4.78 is 1.93. The minimum absolute atomic E-state index is 0.0180. The number of carbonyl (C=O) groups excluding carboxylic acids is 1. The molecule has 5 nitrogen and oxygen atoms in total. The van der Waals surface area contributed by atoms with Crippen LogP contribution in [-0.2, 0) is 6.54 Å². The molecule has 0 saturated carbocycles. The monoisotopic (exact) mass is 422 g/mol. The lowest BCUT2D eigenvalue weighted by molar-refractivity contribution is 0.0627. The summed E-state index contributed by atoms with van der Waals surface area (Å²) in [6.07, 6.45) is 3.84. The highest BCUT2D eigenvalue weighted by atomic mass is 35.5. The Balaban J connectivity index is 1.37. The smallest absolute Gasteiger partial charge is 0.253 e. The minimum Gasteiger partial charge on any atom is -0.336 e. The van der Waals surface area contributed by atoms with Crippen LogP contribution in [0.1, 0.15) is 16.1 Å². The molecule has 0 radical (unpaired) electrons. The van der Waals surface area contributed by atoms with Gasteiger partial charge < -0.3 is 9.30 Å². The molecule has 1 saturated heterocycles. The van der Waals surface area contributed by atoms with Crippen LogP contribution in [0.25, 0.3) is 5.65 Å². The SMILES string of the molecule is O=C(c1ccc(Cl)c(Cl)c1)N1CCN(Cc2cn3cc(Cl)ccc3n2)CC1. The topological polar surface area (TPSA) is 40.9 Å². The Kier molecular flexibility index (Phi) is 5.28. The fourth-order valence-corrected chi connectivity index (χ4v) is 3.71. The van der Waals surface area contributed by atoms with Gasteiger partial charge in [-0.1, -0.05) is 34.8 Å². The molecule has 1 aliphatic rings. The van der Waals surface area contributed by atoms with Gasteiger partial charge in [-0.25, -0.2) is 4.98 Å². The van der Waals surface area contributed by atoms with Gasteiger partial charge in [-0.3, -0.25) is 9.69 Å². The number of fused-ring (bicyclic) bond motifs is 1. The van der Waals surface area contributed by atoms with Gasteiger partial charge in [-0.15, -0.1) is 0 Å². The molecule has 1 fully saturated rings. The quantitative estimate of drug-likeness (QED) is 0.632. The Labute approximate surface area is 172 Å². The number of rotatable bonds is 3. The molecule has 1 aliphatic heterocycles. The van der Waals surface area contributed by atoms with E-state index in [4.69, 9.17) is 34.8 Å². The zero-order chi connectivity index (χ0) is 19.0. The highest BCUT2D eigenvalue weighted by molar-refractivity contribution is 6.42. The first-order valence-electron chi connectivity index (χ1n) is 8.59. The van der Waals surface area contributed by atoms with E-state index in [1.54, 1.807) is 18.2 Å². The first-order valence-corrected chi connectivity index (χ1v) is 9.73. The molecular weight excluding hydrogens is 407 g/mol. The second-order valence-corrected chi connectivity index (χ2v) is 7.79. The van der Waals surface area contributed by atoms with Crippen molar-refractivity contribution in [3.63, 3.8) is 0 Å². The van der Waals surface area contributed by atoms with Crippen molar-refractivity contribution in [2.24, 2.45) is 0 Å². The number of carbonyl (C=O) groups is 1. The summed E-state index contributed by atoms with van der Waals surface area (Å²) in [7, 11) is 0. The van der Waals surface area contributed by atoms with Crippen LogP contribution in [0.3, 0.4) is 0 Å². The second kappa shape index (κ2) is 7.68. The predicted molar refractivity (Wildman–Crippen MR) is 108 cm³/mol. The summed E-state index contributed by atoms with van der Waals surface area (Å²) >= 11 is 18.0. The number of amides is 1. The third-order valence-electron chi connectivity index (χ3n) is 4.68. The van der Waals surface area contributed by atoms with Crippen LogP contribution in [0.2, 0.25) is 15.1 Å². The molecule has 8 heteroatoms. The van der Waals surface area contributed by atoms with Crippen molar-refractivity contribution < 1.29 is 4.79 Å². The normalized spacial score (nSPS) is 15.4. The number of benzene rings is 1. The second-order valence-electron chi connectivity index (χ2n) is 6.54. The lowest BCUT2D eigenvalue weighted by Gasteiger charge is -2.34. The van der Waals surface area contributed by atoms with E-state index in [0.29, 0.717) is 33.7 Å². The maximum Gasteiger partial charge on any atom is 0.253 e. The number of imidazole rings is 1. The molecule has 0 atom stereocenters. The largest absolute Gasteiger partial charge is 0.336 e. The predicted octanol–water partition coefficient (Wildman–Crippen LogP) is 4.25. The molecule has 1 amide bonds. The van der Waals surface area contributed by atoms with Crippen LogP contribution >= 0.6 is 34.8 Å². The van der Waals surface area contributed by atoms with Crippen LogP contribution < -0.4 is 0 Å². The van der Waals surface area contributed by atoms with Gasteiger partial charge in [0.2, 0.25) is 0 Å².